The maximum Gasteiger partial charge on any atom is 0.321 e. The van der Waals surface area contributed by atoms with Crippen molar-refractivity contribution in [1.29, 1.82) is 0 Å². The number of aldehydes is 1. The van der Waals surface area contributed by atoms with Crippen molar-refractivity contribution in [3.8, 4) is 0 Å². The Bertz CT molecular complexity index is 207. The molecule has 0 saturated carbocycles. The van der Waals surface area contributed by atoms with Crippen molar-refractivity contribution < 1.29 is 9.36 Å². The van der Waals surface area contributed by atoms with Crippen LogP contribution in [0.25, 0.3) is 0 Å². The molecule has 0 amide bonds. The summed E-state index contributed by atoms with van der Waals surface area (Å²) < 4.78 is 3.54. The number of aromatic nitrogens is 2. The highest BCUT2D eigenvalue weighted by atomic mass is 16.1. The lowest BCUT2D eigenvalue weighted by atomic mass is 10.6. The molecular formula is C6H9N2O+. The Kier molecular flexibility index (Phi) is 1.34. The lowest BCUT2D eigenvalue weighted by Gasteiger charge is -1.83. The van der Waals surface area contributed by atoms with Crippen LogP contribution in [-0.2, 0) is 14.1 Å². The van der Waals surface area contributed by atoms with E-state index < -0.39 is 0 Å². The van der Waals surface area contributed by atoms with Crippen molar-refractivity contribution in [3.05, 3.63) is 18.2 Å². The Balaban J connectivity index is 3.22. The van der Waals surface area contributed by atoms with E-state index in [0.717, 1.165) is 6.29 Å². The van der Waals surface area contributed by atoms with E-state index in [-0.39, 0.29) is 0 Å². The van der Waals surface area contributed by atoms with Crippen molar-refractivity contribution in [3.63, 3.8) is 0 Å². The number of aryl methyl sites for hydroxylation is 2. The molecule has 0 spiro atoms. The fraction of sp³-hybridized carbons (Fsp3) is 0.333. The van der Waals surface area contributed by atoms with Crippen LogP contribution in [0, 0.1) is 0 Å². The highest BCUT2D eigenvalue weighted by Gasteiger charge is 2.07. The molecule has 0 bridgehead atoms. The summed E-state index contributed by atoms with van der Waals surface area (Å²) >= 11 is 0. The zero-order valence-electron chi connectivity index (χ0n) is 5.53. The third-order valence-electron chi connectivity index (χ3n) is 1.34. The second kappa shape index (κ2) is 2.01. The smallest absolute Gasteiger partial charge is 0.289 e. The van der Waals surface area contributed by atoms with Gasteiger partial charge in [-0.1, -0.05) is 0 Å². The van der Waals surface area contributed by atoms with Crippen LogP contribution < -0.4 is 4.57 Å². The summed E-state index contributed by atoms with van der Waals surface area (Å²) in [6.07, 6.45) is 4.51. The van der Waals surface area contributed by atoms with Gasteiger partial charge in [-0.3, -0.25) is 4.79 Å². The number of nitrogens with zero attached hydrogens (tertiary/aromatic N) is 2. The van der Waals surface area contributed by atoms with Crippen LogP contribution in [0.15, 0.2) is 12.4 Å². The van der Waals surface area contributed by atoms with Gasteiger partial charge in [0.25, 0.3) is 0 Å². The van der Waals surface area contributed by atoms with Crippen LogP contribution >= 0.6 is 0 Å². The molecule has 0 aliphatic heterocycles. The summed E-state index contributed by atoms with van der Waals surface area (Å²) in [6.45, 7) is 0. The Hall–Kier alpha value is -1.12. The van der Waals surface area contributed by atoms with Gasteiger partial charge in [0.15, 0.2) is 0 Å². The normalized spacial score (nSPS) is 9.56. The Morgan fingerprint density at radius 2 is 2.44 bits per heavy atom. The monoisotopic (exact) mass is 125 g/mol. The average Bonchev–Trinajstić information content (AvgIpc) is 2.12. The van der Waals surface area contributed by atoms with E-state index in [1.807, 2.05) is 26.5 Å². The minimum atomic E-state index is 0.676. The maximum atomic E-state index is 10.3. The number of carbonyl (C=O) groups is 1. The fourth-order valence-electron chi connectivity index (χ4n) is 0.768. The Morgan fingerprint density at radius 1 is 1.78 bits per heavy atom. The van der Waals surface area contributed by atoms with E-state index in [1.165, 1.54) is 0 Å². The molecule has 1 aromatic heterocycles. The van der Waals surface area contributed by atoms with Crippen LogP contribution in [0.3, 0.4) is 0 Å². The molecule has 0 aromatic carbocycles. The Labute approximate surface area is 53.5 Å². The third kappa shape index (κ3) is 0.850. The number of rotatable bonds is 1. The van der Waals surface area contributed by atoms with E-state index in [4.69, 9.17) is 0 Å². The van der Waals surface area contributed by atoms with E-state index in [1.54, 1.807) is 9.13 Å². The molecule has 1 rings (SSSR count). The van der Waals surface area contributed by atoms with Gasteiger partial charge < -0.3 is 0 Å². The van der Waals surface area contributed by atoms with Gasteiger partial charge in [0, 0.05) is 0 Å². The van der Waals surface area contributed by atoms with Crippen molar-refractivity contribution in [2.45, 2.75) is 0 Å². The molecule has 0 atom stereocenters. The van der Waals surface area contributed by atoms with Crippen molar-refractivity contribution >= 4 is 6.29 Å². The minimum Gasteiger partial charge on any atom is -0.289 e. The molecule has 0 aliphatic rings. The summed E-state index contributed by atoms with van der Waals surface area (Å²) in [5.41, 5.74) is 0. The molecule has 0 radical (unpaired) electrons. The van der Waals surface area contributed by atoms with Gasteiger partial charge in [0.1, 0.15) is 12.4 Å². The molecule has 9 heavy (non-hydrogen) atoms. The minimum absolute atomic E-state index is 0.676. The second-order valence-corrected chi connectivity index (χ2v) is 2.00. The molecule has 0 unspecified atom stereocenters. The molecule has 0 aliphatic carbocycles. The number of hydrogen-bond acceptors (Lipinski definition) is 1. The third-order valence-corrected chi connectivity index (χ3v) is 1.34. The van der Waals surface area contributed by atoms with Gasteiger partial charge in [0.05, 0.1) is 14.1 Å². The first-order chi connectivity index (χ1) is 4.25. The molecule has 0 fully saturated rings. The lowest BCUT2D eigenvalue weighted by Crippen LogP contribution is -2.31. The molecular weight excluding hydrogens is 116 g/mol. The van der Waals surface area contributed by atoms with Gasteiger partial charge >= 0.3 is 5.82 Å². The number of hydrogen-bond donors (Lipinski definition) is 0. The van der Waals surface area contributed by atoms with Crippen LogP contribution in [0.1, 0.15) is 10.6 Å². The van der Waals surface area contributed by atoms with Crippen molar-refractivity contribution in [2.24, 2.45) is 14.1 Å². The molecule has 3 heteroatoms. The van der Waals surface area contributed by atoms with Gasteiger partial charge in [-0.25, -0.2) is 9.13 Å². The lowest BCUT2D eigenvalue weighted by molar-refractivity contribution is -0.672. The predicted molar refractivity (Wildman–Crippen MR) is 32.0 cm³/mol. The topological polar surface area (TPSA) is 25.9 Å². The molecule has 1 heterocycles. The summed E-state index contributed by atoms with van der Waals surface area (Å²) in [6, 6.07) is 0. The zero-order valence-corrected chi connectivity index (χ0v) is 5.53. The van der Waals surface area contributed by atoms with Crippen LogP contribution in [0.4, 0.5) is 0 Å². The number of carbonyl (C=O) groups excluding carboxylic acids is 1. The largest absolute Gasteiger partial charge is 0.321 e. The van der Waals surface area contributed by atoms with Crippen LogP contribution in [0.5, 0.6) is 0 Å². The second-order valence-electron chi connectivity index (χ2n) is 2.00. The first-order valence-electron chi connectivity index (χ1n) is 2.72. The molecule has 0 saturated heterocycles. The standard InChI is InChI=1S/C6H9N2O/c1-7-3-4-8(2)6(7)5-9/h3-5H,1-2H3/q+1. The van der Waals surface area contributed by atoms with E-state index in [0.29, 0.717) is 5.82 Å². The molecule has 48 valence electrons. The molecule has 0 N–H and O–H groups in total. The highest BCUT2D eigenvalue weighted by molar-refractivity contribution is 5.66. The van der Waals surface area contributed by atoms with Crippen molar-refractivity contribution in [1.82, 2.24) is 4.57 Å². The Morgan fingerprint density at radius 3 is 2.67 bits per heavy atom. The first kappa shape index (κ1) is 6.01. The number of imidazole rings is 1. The maximum absolute atomic E-state index is 10.3. The summed E-state index contributed by atoms with van der Waals surface area (Å²) in [5, 5.41) is 0. The van der Waals surface area contributed by atoms with Crippen LogP contribution in [0.2, 0.25) is 0 Å². The first-order valence-corrected chi connectivity index (χ1v) is 2.72. The summed E-state index contributed by atoms with van der Waals surface area (Å²) in [5.74, 6) is 0.676. The predicted octanol–water partition coefficient (Wildman–Crippen LogP) is -0.338. The summed E-state index contributed by atoms with van der Waals surface area (Å²) in [7, 11) is 3.67. The summed E-state index contributed by atoms with van der Waals surface area (Å²) in [4.78, 5) is 10.3. The van der Waals surface area contributed by atoms with E-state index in [2.05, 4.69) is 0 Å². The van der Waals surface area contributed by atoms with Gasteiger partial charge in [0.2, 0.25) is 6.29 Å². The average molecular weight is 125 g/mol. The highest BCUT2D eigenvalue weighted by Crippen LogP contribution is 1.83. The molecule has 3 nitrogen and oxygen atoms in total. The quantitative estimate of drug-likeness (QED) is 0.372. The van der Waals surface area contributed by atoms with Gasteiger partial charge in [-0.05, 0) is 0 Å². The van der Waals surface area contributed by atoms with Crippen LogP contribution in [-0.4, -0.2) is 10.9 Å². The van der Waals surface area contributed by atoms with Crippen molar-refractivity contribution in [2.75, 3.05) is 0 Å². The fourth-order valence-corrected chi connectivity index (χ4v) is 0.768. The van der Waals surface area contributed by atoms with E-state index >= 15 is 0 Å². The SMILES string of the molecule is Cn1cc[n+](C)c1C=O. The molecule has 1 aromatic rings. The van der Waals surface area contributed by atoms with Gasteiger partial charge in [-0.15, -0.1) is 0 Å². The zero-order chi connectivity index (χ0) is 6.85. The van der Waals surface area contributed by atoms with Gasteiger partial charge in [-0.2, -0.15) is 0 Å². The van der Waals surface area contributed by atoms with E-state index in [9.17, 15) is 4.79 Å².